The summed E-state index contributed by atoms with van der Waals surface area (Å²) in [5, 5.41) is 6.38. The number of fused-ring (bicyclic) bond motifs is 2. The van der Waals surface area contributed by atoms with Crippen LogP contribution in [0.3, 0.4) is 0 Å². The zero-order valence-electron chi connectivity index (χ0n) is 18.8. The number of anilines is 1. The molecule has 35 heavy (non-hydrogen) atoms. The van der Waals surface area contributed by atoms with Gasteiger partial charge in [-0.25, -0.2) is 13.5 Å². The van der Waals surface area contributed by atoms with E-state index in [-0.39, 0.29) is 29.6 Å². The van der Waals surface area contributed by atoms with Gasteiger partial charge in [0.1, 0.15) is 17.4 Å². The molecule has 182 valence electrons. The molecule has 10 heteroatoms. The fourth-order valence-electron chi connectivity index (χ4n) is 4.78. The van der Waals surface area contributed by atoms with Crippen molar-refractivity contribution in [3.05, 3.63) is 88.4 Å². The molecule has 1 aliphatic heterocycles. The maximum absolute atomic E-state index is 14.1. The molecule has 3 atom stereocenters. The SMILES string of the molecule is CC(C)c1ccc([C@H]2C=C3Nc4nc(C(F)(F)F)nn4[C@H](c4cc(F)cc(F)c4)[C@@H]3C(=O)C2)cc1. The average molecular weight is 488 g/mol. The second-order valence-corrected chi connectivity index (χ2v) is 9.17. The molecule has 0 saturated heterocycles. The molecule has 0 bridgehead atoms. The van der Waals surface area contributed by atoms with Gasteiger partial charge in [-0.15, -0.1) is 5.10 Å². The second kappa shape index (κ2) is 8.28. The molecule has 0 radical (unpaired) electrons. The molecule has 0 saturated carbocycles. The Labute approximate surface area is 197 Å². The number of hydrogen-bond donors (Lipinski definition) is 1. The Morgan fingerprint density at radius 3 is 2.29 bits per heavy atom. The number of carbonyl (C=O) groups is 1. The highest BCUT2D eigenvalue weighted by atomic mass is 19.4. The average Bonchev–Trinajstić information content (AvgIpc) is 3.21. The van der Waals surface area contributed by atoms with Gasteiger partial charge in [-0.2, -0.15) is 18.2 Å². The van der Waals surface area contributed by atoms with Gasteiger partial charge in [0.15, 0.2) is 0 Å². The summed E-state index contributed by atoms with van der Waals surface area (Å²) in [6, 6.07) is 9.28. The number of ketones is 1. The lowest BCUT2D eigenvalue weighted by Crippen LogP contribution is -2.40. The number of Topliss-reactive ketones (excluding diaryl/α,β-unsaturated/α-hetero) is 1. The van der Waals surface area contributed by atoms with Crippen LogP contribution in [0, 0.1) is 17.6 Å². The molecular weight excluding hydrogens is 467 g/mol. The summed E-state index contributed by atoms with van der Waals surface area (Å²) in [6.07, 6.45) is -2.97. The van der Waals surface area contributed by atoms with E-state index in [0.29, 0.717) is 17.7 Å². The van der Waals surface area contributed by atoms with Crippen LogP contribution in [0.4, 0.5) is 27.9 Å². The van der Waals surface area contributed by atoms with E-state index in [1.807, 2.05) is 24.3 Å². The normalized spacial score (nSPS) is 21.9. The van der Waals surface area contributed by atoms with E-state index in [0.717, 1.165) is 27.9 Å². The van der Waals surface area contributed by atoms with E-state index in [1.54, 1.807) is 6.08 Å². The Hall–Kier alpha value is -3.56. The molecule has 3 aromatic rings. The second-order valence-electron chi connectivity index (χ2n) is 9.17. The third kappa shape index (κ3) is 4.21. The molecule has 5 rings (SSSR count). The van der Waals surface area contributed by atoms with E-state index in [1.165, 1.54) is 0 Å². The van der Waals surface area contributed by atoms with Crippen LogP contribution in [0.2, 0.25) is 0 Å². The van der Waals surface area contributed by atoms with E-state index >= 15 is 0 Å². The van der Waals surface area contributed by atoms with Gasteiger partial charge in [-0.05, 0) is 34.7 Å². The van der Waals surface area contributed by atoms with Crippen LogP contribution in [-0.4, -0.2) is 20.5 Å². The summed E-state index contributed by atoms with van der Waals surface area (Å²) in [5.41, 5.74) is 2.35. The lowest BCUT2D eigenvalue weighted by atomic mass is 9.75. The van der Waals surface area contributed by atoms with Crippen molar-refractivity contribution in [3.63, 3.8) is 0 Å². The number of allylic oxidation sites excluding steroid dienone is 2. The van der Waals surface area contributed by atoms with Crippen molar-refractivity contribution in [2.75, 3.05) is 5.32 Å². The highest BCUT2D eigenvalue weighted by molar-refractivity contribution is 5.88. The molecule has 0 amide bonds. The molecule has 0 spiro atoms. The van der Waals surface area contributed by atoms with Gasteiger partial charge in [0, 0.05) is 24.1 Å². The van der Waals surface area contributed by atoms with Crippen LogP contribution in [0.1, 0.15) is 60.7 Å². The Morgan fingerprint density at radius 1 is 1.03 bits per heavy atom. The molecule has 0 unspecified atom stereocenters. The maximum atomic E-state index is 14.1. The van der Waals surface area contributed by atoms with Gasteiger partial charge in [-0.3, -0.25) is 4.79 Å². The van der Waals surface area contributed by atoms with Gasteiger partial charge in [0.25, 0.3) is 5.82 Å². The quantitative estimate of drug-likeness (QED) is 0.462. The molecule has 0 fully saturated rings. The summed E-state index contributed by atoms with van der Waals surface area (Å²) in [7, 11) is 0. The molecule has 2 heterocycles. The number of alkyl halides is 3. The lowest BCUT2D eigenvalue weighted by Gasteiger charge is -2.38. The number of aromatic nitrogens is 3. The number of nitrogens with zero attached hydrogens (tertiary/aromatic N) is 3. The standard InChI is InChI=1S/C25H21F5N4O/c1-12(2)13-3-5-14(6-4-13)15-9-19-21(20(35)10-15)22(16-7-17(26)11-18(27)8-16)34-24(31-19)32-23(33-34)25(28,29)30/h3-9,11-12,15,21-22H,10H2,1-2H3,(H,31,32,33)/t15-,21-,22+/m0/s1. The minimum Gasteiger partial charge on any atom is -0.328 e. The third-order valence-corrected chi connectivity index (χ3v) is 6.46. The predicted octanol–water partition coefficient (Wildman–Crippen LogP) is 5.97. The molecule has 2 aromatic carbocycles. The number of benzene rings is 2. The predicted molar refractivity (Wildman–Crippen MR) is 118 cm³/mol. The van der Waals surface area contributed by atoms with E-state index in [4.69, 9.17) is 0 Å². The number of nitrogens with one attached hydrogen (secondary N) is 1. The summed E-state index contributed by atoms with van der Waals surface area (Å²) in [6.45, 7) is 4.14. The van der Waals surface area contributed by atoms with E-state index < -0.39 is 35.6 Å². The largest absolute Gasteiger partial charge is 0.453 e. The molecule has 2 aliphatic rings. The number of rotatable bonds is 3. The Bertz CT molecular complexity index is 1310. The molecule has 1 aliphatic carbocycles. The fraction of sp³-hybridized carbons (Fsp3) is 0.320. The zero-order chi connectivity index (χ0) is 25.1. The van der Waals surface area contributed by atoms with Crippen LogP contribution in [0.15, 0.2) is 54.2 Å². The number of hydrogen-bond acceptors (Lipinski definition) is 4. The first-order chi connectivity index (χ1) is 16.5. The topological polar surface area (TPSA) is 59.8 Å². The maximum Gasteiger partial charge on any atom is 0.453 e. The summed E-state index contributed by atoms with van der Waals surface area (Å²) >= 11 is 0. The van der Waals surface area contributed by atoms with Gasteiger partial charge in [-0.1, -0.05) is 44.2 Å². The van der Waals surface area contributed by atoms with Crippen molar-refractivity contribution in [1.29, 1.82) is 0 Å². The van der Waals surface area contributed by atoms with Crippen molar-refractivity contribution < 1.29 is 26.7 Å². The zero-order valence-corrected chi connectivity index (χ0v) is 18.8. The van der Waals surface area contributed by atoms with Crippen molar-refractivity contribution in [2.24, 2.45) is 5.92 Å². The number of halogens is 5. The van der Waals surface area contributed by atoms with Crippen molar-refractivity contribution in [3.8, 4) is 0 Å². The minimum atomic E-state index is -4.84. The molecule has 1 aromatic heterocycles. The lowest BCUT2D eigenvalue weighted by molar-refractivity contribution is -0.145. The van der Waals surface area contributed by atoms with Crippen LogP contribution in [0.25, 0.3) is 0 Å². The third-order valence-electron chi connectivity index (χ3n) is 6.46. The molecular formula is C25H21F5N4O. The summed E-state index contributed by atoms with van der Waals surface area (Å²) in [4.78, 5) is 17.0. The van der Waals surface area contributed by atoms with Crippen molar-refractivity contribution in [1.82, 2.24) is 14.8 Å². The summed E-state index contributed by atoms with van der Waals surface area (Å²) < 4.78 is 69.2. The van der Waals surface area contributed by atoms with E-state index in [2.05, 4.69) is 29.2 Å². The Morgan fingerprint density at radius 2 is 1.69 bits per heavy atom. The first-order valence-electron chi connectivity index (χ1n) is 11.1. The number of carbonyl (C=O) groups excluding carboxylic acids is 1. The van der Waals surface area contributed by atoms with Crippen molar-refractivity contribution >= 4 is 11.7 Å². The summed E-state index contributed by atoms with van der Waals surface area (Å²) in [5.74, 6) is -4.74. The van der Waals surface area contributed by atoms with Crippen LogP contribution >= 0.6 is 0 Å². The smallest absolute Gasteiger partial charge is 0.328 e. The highest BCUT2D eigenvalue weighted by Crippen LogP contribution is 2.45. The molecule has 1 N–H and O–H groups in total. The Balaban J connectivity index is 1.62. The van der Waals surface area contributed by atoms with Crippen LogP contribution in [0.5, 0.6) is 0 Å². The van der Waals surface area contributed by atoms with Crippen molar-refractivity contribution in [2.45, 2.75) is 44.3 Å². The van der Waals surface area contributed by atoms with Gasteiger partial charge < -0.3 is 5.32 Å². The van der Waals surface area contributed by atoms with E-state index in [9.17, 15) is 26.7 Å². The Kier molecular flexibility index (Phi) is 5.49. The highest BCUT2D eigenvalue weighted by Gasteiger charge is 2.46. The van der Waals surface area contributed by atoms with Gasteiger partial charge in [0.05, 0.1) is 12.0 Å². The van der Waals surface area contributed by atoms with Gasteiger partial charge >= 0.3 is 6.18 Å². The van der Waals surface area contributed by atoms with Crippen LogP contribution < -0.4 is 5.32 Å². The first kappa shape index (κ1) is 23.2. The monoisotopic (exact) mass is 488 g/mol. The van der Waals surface area contributed by atoms with Gasteiger partial charge in [0.2, 0.25) is 5.95 Å². The first-order valence-corrected chi connectivity index (χ1v) is 11.1. The fourth-order valence-corrected chi connectivity index (χ4v) is 4.78. The molecule has 5 nitrogen and oxygen atoms in total. The van der Waals surface area contributed by atoms with Crippen LogP contribution in [-0.2, 0) is 11.0 Å². The minimum absolute atomic E-state index is 0.00661.